The summed E-state index contributed by atoms with van der Waals surface area (Å²) in [6, 6.07) is 33.7. The lowest BCUT2D eigenvalue weighted by atomic mass is 9.57. The Morgan fingerprint density at radius 1 is 0.735 bits per heavy atom. The molecular formula is C55H68N4O8P+. The molecule has 2 amide bonds. The van der Waals surface area contributed by atoms with Gasteiger partial charge in [-0.2, -0.15) is 0 Å². The molecule has 13 heteroatoms. The Hall–Kier alpha value is -5.81. The first-order valence-electron chi connectivity index (χ1n) is 24.2. The number of amides is 2. The minimum absolute atomic E-state index is 0.0130. The van der Waals surface area contributed by atoms with E-state index in [9.17, 15) is 39.6 Å². The van der Waals surface area contributed by atoms with Gasteiger partial charge in [-0.3, -0.25) is 24.1 Å². The summed E-state index contributed by atoms with van der Waals surface area (Å²) in [4.78, 5) is 56.6. The normalized spacial score (nSPS) is 20.2. The molecule has 1 fully saturated rings. The van der Waals surface area contributed by atoms with Gasteiger partial charge in [0.05, 0.1) is 23.5 Å². The number of benzene rings is 4. The molecule has 0 bridgehead atoms. The highest BCUT2D eigenvalue weighted by Crippen LogP contribution is 2.57. The van der Waals surface area contributed by atoms with E-state index in [1.165, 1.54) is 59.3 Å². The number of fused-ring (bicyclic) bond motifs is 3. The number of ketones is 2. The Morgan fingerprint density at radius 3 is 1.69 bits per heavy atom. The van der Waals surface area contributed by atoms with Crippen molar-refractivity contribution in [2.75, 3.05) is 44.6 Å². The number of phenolic OH excluding ortho intramolecular Hbond substituents is 1. The molecule has 0 aromatic heterocycles. The molecule has 3 aliphatic carbocycles. The second-order valence-electron chi connectivity index (χ2n) is 19.2. The first-order valence-corrected chi connectivity index (χ1v) is 26.2. The molecule has 3 aliphatic rings. The lowest BCUT2D eigenvalue weighted by Gasteiger charge is -2.50. The van der Waals surface area contributed by atoms with E-state index in [0.717, 1.165) is 31.8 Å². The van der Waals surface area contributed by atoms with Crippen LogP contribution in [0.4, 0.5) is 11.4 Å². The quantitative estimate of drug-likeness (QED) is 0.0209. The predicted octanol–water partition coefficient (Wildman–Crippen LogP) is 7.64. The van der Waals surface area contributed by atoms with Crippen LogP contribution in [0.25, 0.3) is 5.76 Å². The molecule has 0 saturated heterocycles. The zero-order chi connectivity index (χ0) is 48.8. The summed E-state index contributed by atoms with van der Waals surface area (Å²) in [6.07, 6.45) is 13.6. The van der Waals surface area contributed by atoms with Gasteiger partial charge in [-0.1, -0.05) is 106 Å². The van der Waals surface area contributed by atoms with Gasteiger partial charge in [-0.25, -0.2) is 0 Å². The molecule has 12 nitrogen and oxygen atoms in total. The number of aromatic hydroxyl groups is 1. The third-order valence-corrected chi connectivity index (χ3v) is 19.0. The number of rotatable bonds is 21. The fraction of sp³-hybridized carbons (Fsp3) is 0.418. The molecule has 4 aromatic rings. The number of primary amides is 1. The van der Waals surface area contributed by atoms with Crippen molar-refractivity contribution >= 4 is 63.7 Å². The first-order chi connectivity index (χ1) is 32.6. The molecule has 0 spiro atoms. The average Bonchev–Trinajstić information content (AvgIpc) is 3.31. The second-order valence-corrected chi connectivity index (χ2v) is 22.8. The predicted molar refractivity (Wildman–Crippen MR) is 273 cm³/mol. The number of nitrogens with one attached hydrogen (secondary N) is 1. The van der Waals surface area contributed by atoms with Crippen molar-refractivity contribution in [2.24, 2.45) is 17.6 Å². The number of likely N-dealkylation sites (N-methyl/N-ethyl adjacent to an activating group) is 1. The van der Waals surface area contributed by atoms with Gasteiger partial charge in [0, 0.05) is 37.7 Å². The van der Waals surface area contributed by atoms with Gasteiger partial charge in [0.25, 0.3) is 5.91 Å². The summed E-state index contributed by atoms with van der Waals surface area (Å²) in [5.41, 5.74) is 2.71. The van der Waals surface area contributed by atoms with Crippen LogP contribution in [0.1, 0.15) is 94.6 Å². The molecule has 4 atom stereocenters. The number of nitrogens with two attached hydrogens (primary N) is 1. The van der Waals surface area contributed by atoms with E-state index in [-0.39, 0.29) is 42.0 Å². The highest BCUT2D eigenvalue weighted by Gasteiger charge is 2.64. The van der Waals surface area contributed by atoms with Crippen molar-refractivity contribution in [1.29, 1.82) is 0 Å². The number of nitrogens with zero attached hydrogens (tertiary/aromatic N) is 2. The van der Waals surface area contributed by atoms with Crippen LogP contribution in [0.3, 0.4) is 0 Å². The van der Waals surface area contributed by atoms with Gasteiger partial charge < -0.3 is 36.4 Å². The van der Waals surface area contributed by atoms with Crippen LogP contribution in [-0.4, -0.2) is 94.7 Å². The van der Waals surface area contributed by atoms with Crippen LogP contribution >= 0.6 is 7.26 Å². The van der Waals surface area contributed by atoms with Crippen LogP contribution in [-0.2, 0) is 25.6 Å². The minimum atomic E-state index is -2.73. The number of phenols is 1. The highest BCUT2D eigenvalue weighted by molar-refractivity contribution is 7.95. The van der Waals surface area contributed by atoms with Crippen LogP contribution in [0.2, 0.25) is 0 Å². The van der Waals surface area contributed by atoms with E-state index in [0.29, 0.717) is 17.7 Å². The van der Waals surface area contributed by atoms with Gasteiger partial charge in [-0.05, 0) is 100 Å². The maximum Gasteiger partial charge on any atom is 0.255 e. The maximum absolute atomic E-state index is 14.3. The maximum atomic E-state index is 14.3. The van der Waals surface area contributed by atoms with Crippen molar-refractivity contribution in [3.63, 3.8) is 0 Å². The van der Waals surface area contributed by atoms with Crippen LogP contribution in [0, 0.1) is 11.8 Å². The van der Waals surface area contributed by atoms with Crippen molar-refractivity contribution in [1.82, 2.24) is 4.90 Å². The summed E-state index contributed by atoms with van der Waals surface area (Å²) in [6.45, 7) is 0. The van der Waals surface area contributed by atoms with Crippen molar-refractivity contribution in [3.8, 4) is 5.75 Å². The smallest absolute Gasteiger partial charge is 0.255 e. The number of unbranched alkanes of at least 4 members (excludes halogenated alkanes) is 10. The van der Waals surface area contributed by atoms with E-state index in [1.54, 1.807) is 39.2 Å². The number of anilines is 2. The lowest BCUT2D eigenvalue weighted by molar-refractivity contribution is -0.153. The number of hydrogen-bond acceptors (Lipinski definition) is 10. The number of hydrogen-bond donors (Lipinski definition) is 6. The van der Waals surface area contributed by atoms with E-state index in [1.807, 2.05) is 0 Å². The Bertz CT molecular complexity index is 2450. The van der Waals surface area contributed by atoms with Gasteiger partial charge in [0.2, 0.25) is 11.7 Å². The summed E-state index contributed by atoms with van der Waals surface area (Å²) in [7, 11) is 4.91. The van der Waals surface area contributed by atoms with E-state index in [2.05, 4.69) is 96.3 Å². The number of aliphatic hydroxyl groups excluding tert-OH is 2. The van der Waals surface area contributed by atoms with Gasteiger partial charge in [-0.15, -0.1) is 0 Å². The number of aliphatic hydroxyl groups is 3. The largest absolute Gasteiger partial charge is 0.508 e. The fourth-order valence-corrected chi connectivity index (χ4v) is 15.5. The summed E-state index contributed by atoms with van der Waals surface area (Å²) < 4.78 is 0. The third kappa shape index (κ3) is 9.73. The van der Waals surface area contributed by atoms with E-state index < -0.39 is 71.1 Å². The Morgan fingerprint density at radius 2 is 1.22 bits per heavy atom. The highest BCUT2D eigenvalue weighted by atomic mass is 31.2. The standard InChI is InChI=1S/C55H67N4O8P/c1-58(2)43-35-42(49(61)46-40(43)33-36-34-41-48(59(3)4)51(63)47(54(56)66)53(65)55(41,67)52(64)45(36)50(46)62)57-44(60)31-23-12-10-8-6-5-7-9-11-13-24-32-68(37-25-17-14-18-26-37,38-27-19-15-20-28-38)39-29-21-16-22-30-39/h14-22,25-30,35-36,41,48,67H,5-13,23-24,31-34H2,1-4H3,(H5-,56,57,60,61,62,63,64,65,66)/p+1/t36-,41-,48-,55-/m0/s1. The van der Waals surface area contributed by atoms with E-state index in [4.69, 9.17) is 5.73 Å². The first kappa shape index (κ1) is 50.1. The van der Waals surface area contributed by atoms with Crippen LogP contribution < -0.4 is 31.9 Å². The van der Waals surface area contributed by atoms with Crippen molar-refractivity contribution in [3.05, 3.63) is 125 Å². The molecule has 0 aliphatic heterocycles. The van der Waals surface area contributed by atoms with Crippen molar-refractivity contribution < 1.29 is 39.6 Å². The molecule has 0 heterocycles. The molecular weight excluding hydrogens is 876 g/mol. The summed E-state index contributed by atoms with van der Waals surface area (Å²) in [5, 5.41) is 53.7. The molecule has 360 valence electrons. The number of carbonyl (C=O) groups excluding carboxylic acids is 4. The third-order valence-electron chi connectivity index (χ3n) is 14.4. The van der Waals surface area contributed by atoms with Crippen LogP contribution in [0.15, 0.2) is 114 Å². The minimum Gasteiger partial charge on any atom is -0.508 e. The number of carbonyl (C=O) groups is 4. The average molecular weight is 944 g/mol. The van der Waals surface area contributed by atoms with E-state index >= 15 is 0 Å². The van der Waals surface area contributed by atoms with Crippen LogP contribution in [0.5, 0.6) is 5.75 Å². The summed E-state index contributed by atoms with van der Waals surface area (Å²) in [5.74, 6) is -7.54. The Balaban J connectivity index is 0.889. The van der Waals surface area contributed by atoms with Gasteiger partial charge in [0.15, 0.2) is 11.4 Å². The molecule has 0 radical (unpaired) electrons. The number of Topliss-reactive ketones (excluding diaryl/α,β-unsaturated/α-hetero) is 2. The lowest BCUT2D eigenvalue weighted by Crippen LogP contribution is -2.65. The topological polar surface area (TPSA) is 194 Å². The molecule has 4 aromatic carbocycles. The molecule has 7 N–H and O–H groups in total. The zero-order valence-corrected chi connectivity index (χ0v) is 40.8. The zero-order valence-electron chi connectivity index (χ0n) is 39.9. The van der Waals surface area contributed by atoms with Gasteiger partial charge in [0.1, 0.15) is 46.0 Å². The second kappa shape index (κ2) is 21.6. The molecule has 68 heavy (non-hydrogen) atoms. The Labute approximate surface area is 401 Å². The molecule has 1 saturated carbocycles. The monoisotopic (exact) mass is 943 g/mol. The Kier molecular flexibility index (Phi) is 15.9. The fourth-order valence-electron chi connectivity index (χ4n) is 11.1. The van der Waals surface area contributed by atoms with Crippen molar-refractivity contribution in [2.45, 2.75) is 102 Å². The summed E-state index contributed by atoms with van der Waals surface area (Å²) >= 11 is 0. The van der Waals surface area contributed by atoms with Gasteiger partial charge >= 0.3 is 0 Å². The molecule has 0 unspecified atom stereocenters. The SMILES string of the molecule is CN(C)c1cc(NC(=O)CCCCCCCCCCCCC[P+](c2ccccc2)(c2ccccc2)c2ccccc2)c(O)c2c1C[C@H]1C[C@H]3[C@H](N(C)C)C(=O)C(C(N)=O)=C(O)[C@@]3(O)C(=O)C1=C2O. The molecule has 7 rings (SSSR count).